The lowest BCUT2D eigenvalue weighted by Gasteiger charge is -2.08. The minimum absolute atomic E-state index is 0.0599. The van der Waals surface area contributed by atoms with Gasteiger partial charge in [0.1, 0.15) is 0 Å². The molecule has 0 saturated carbocycles. The first-order valence-corrected chi connectivity index (χ1v) is 12.0. The Balaban J connectivity index is 2.99. The highest BCUT2D eigenvalue weighted by molar-refractivity contribution is 5.68. The molecule has 0 heterocycles. The molecule has 29 heavy (non-hydrogen) atoms. The predicted octanol–water partition coefficient (Wildman–Crippen LogP) is 1.94. The zero-order chi connectivity index (χ0) is 21.3. The van der Waals surface area contributed by atoms with Crippen LogP contribution in [0.1, 0.15) is 71.1 Å². The third kappa shape index (κ3) is 27.3. The van der Waals surface area contributed by atoms with Crippen molar-refractivity contribution < 1.29 is 9.90 Å². The van der Waals surface area contributed by atoms with Crippen LogP contribution < -0.4 is 26.6 Å². The van der Waals surface area contributed by atoms with E-state index in [2.05, 4.69) is 33.5 Å². The lowest BCUT2D eigenvalue weighted by molar-refractivity contribution is -0.135. The number of unbranched alkanes of at least 4 members (excludes halogenated alkanes) is 6. The van der Waals surface area contributed by atoms with Gasteiger partial charge >= 0.3 is 5.97 Å². The number of hydrogen-bond acceptors (Lipinski definition) is 6. The molecule has 6 N–H and O–H groups in total. The molecule has 0 aliphatic rings. The van der Waals surface area contributed by atoms with Crippen LogP contribution in [0.4, 0.5) is 0 Å². The normalized spacial score (nSPS) is 11.2. The minimum atomic E-state index is -0.790. The second-order valence-corrected chi connectivity index (χ2v) is 7.75. The molecular formula is C22H49N5O2. The number of carboxylic acids is 1. The van der Waals surface area contributed by atoms with Crippen molar-refractivity contribution >= 4 is 5.97 Å². The van der Waals surface area contributed by atoms with E-state index in [9.17, 15) is 4.79 Å². The first-order valence-electron chi connectivity index (χ1n) is 12.0. The summed E-state index contributed by atoms with van der Waals surface area (Å²) in [6, 6.07) is 0. The molecule has 0 atom stereocenters. The van der Waals surface area contributed by atoms with Crippen LogP contribution in [0, 0.1) is 0 Å². The molecule has 0 aromatic carbocycles. The van der Waals surface area contributed by atoms with Crippen molar-refractivity contribution in [3.05, 3.63) is 0 Å². The van der Waals surface area contributed by atoms with Gasteiger partial charge in [0, 0.05) is 13.1 Å². The van der Waals surface area contributed by atoms with Gasteiger partial charge in [-0.15, -0.1) is 0 Å². The van der Waals surface area contributed by atoms with E-state index in [0.29, 0.717) is 0 Å². The summed E-state index contributed by atoms with van der Waals surface area (Å²) in [5, 5.41) is 25.4. The molecule has 0 aromatic rings. The second kappa shape index (κ2) is 25.3. The van der Waals surface area contributed by atoms with Crippen molar-refractivity contribution in [1.29, 1.82) is 0 Å². The summed E-state index contributed by atoms with van der Waals surface area (Å²) in [7, 11) is 0. The molecule has 7 heteroatoms. The van der Waals surface area contributed by atoms with Gasteiger partial charge in [0.25, 0.3) is 0 Å². The molecule has 0 rings (SSSR count). The molecule has 0 radical (unpaired) electrons. The van der Waals surface area contributed by atoms with Gasteiger partial charge in [-0.1, -0.05) is 26.2 Å². The number of carboxylic acid groups (broad SMARTS) is 1. The summed E-state index contributed by atoms with van der Waals surface area (Å²) in [6.45, 7) is 11.8. The fraction of sp³-hybridized carbons (Fsp3) is 0.955. The van der Waals surface area contributed by atoms with E-state index >= 15 is 0 Å². The largest absolute Gasteiger partial charge is 0.480 e. The molecule has 174 valence electrons. The van der Waals surface area contributed by atoms with Crippen molar-refractivity contribution in [1.82, 2.24) is 26.6 Å². The molecule has 0 unspecified atom stereocenters. The van der Waals surface area contributed by atoms with E-state index in [-0.39, 0.29) is 6.54 Å². The highest BCUT2D eigenvalue weighted by Crippen LogP contribution is 1.94. The maximum atomic E-state index is 10.3. The van der Waals surface area contributed by atoms with Crippen molar-refractivity contribution in [2.24, 2.45) is 0 Å². The zero-order valence-corrected chi connectivity index (χ0v) is 19.0. The number of rotatable bonds is 25. The molecule has 0 spiro atoms. The lowest BCUT2D eigenvalue weighted by atomic mass is 10.2. The Morgan fingerprint density at radius 3 is 1.28 bits per heavy atom. The number of carbonyl (C=O) groups is 1. The third-order valence-electron chi connectivity index (χ3n) is 4.83. The van der Waals surface area contributed by atoms with Gasteiger partial charge in [-0.3, -0.25) is 4.79 Å². The van der Waals surface area contributed by atoms with Crippen LogP contribution in [0.5, 0.6) is 0 Å². The molecular weight excluding hydrogens is 366 g/mol. The van der Waals surface area contributed by atoms with Gasteiger partial charge in [-0.2, -0.15) is 0 Å². The van der Waals surface area contributed by atoms with E-state index < -0.39 is 5.97 Å². The first-order chi connectivity index (χ1) is 14.3. The average molecular weight is 416 g/mol. The number of nitrogens with one attached hydrogen (secondary N) is 5. The molecule has 0 fully saturated rings. The Morgan fingerprint density at radius 2 is 0.862 bits per heavy atom. The Labute approximate surface area is 179 Å². The van der Waals surface area contributed by atoms with Gasteiger partial charge in [-0.05, 0) is 90.8 Å². The van der Waals surface area contributed by atoms with Crippen LogP contribution in [-0.2, 0) is 4.79 Å². The van der Waals surface area contributed by atoms with Crippen molar-refractivity contribution in [3.8, 4) is 0 Å². The molecule has 0 bridgehead atoms. The molecule has 0 aliphatic carbocycles. The number of hydrogen-bond donors (Lipinski definition) is 6. The maximum absolute atomic E-state index is 10.3. The summed E-state index contributed by atoms with van der Waals surface area (Å²) < 4.78 is 0. The van der Waals surface area contributed by atoms with Crippen molar-refractivity contribution in [2.75, 3.05) is 65.4 Å². The molecule has 0 saturated heterocycles. The smallest absolute Gasteiger partial charge is 0.317 e. The van der Waals surface area contributed by atoms with E-state index in [1.54, 1.807) is 0 Å². The van der Waals surface area contributed by atoms with E-state index in [1.165, 1.54) is 57.9 Å². The van der Waals surface area contributed by atoms with Crippen molar-refractivity contribution in [3.63, 3.8) is 0 Å². The predicted molar refractivity (Wildman–Crippen MR) is 124 cm³/mol. The topological polar surface area (TPSA) is 97.5 Å². The Kier molecular flexibility index (Phi) is 24.7. The maximum Gasteiger partial charge on any atom is 0.317 e. The Hall–Kier alpha value is -0.730. The summed E-state index contributed by atoms with van der Waals surface area (Å²) in [4.78, 5) is 10.3. The van der Waals surface area contributed by atoms with Crippen molar-refractivity contribution in [2.45, 2.75) is 71.1 Å². The average Bonchev–Trinajstić information content (AvgIpc) is 2.71. The van der Waals surface area contributed by atoms with Gasteiger partial charge in [0.2, 0.25) is 0 Å². The zero-order valence-electron chi connectivity index (χ0n) is 19.0. The van der Waals surface area contributed by atoms with Crippen LogP contribution in [0.25, 0.3) is 0 Å². The highest BCUT2D eigenvalue weighted by Gasteiger charge is 1.95. The van der Waals surface area contributed by atoms with Crippen LogP contribution in [0.15, 0.2) is 0 Å². The fourth-order valence-corrected chi connectivity index (χ4v) is 3.05. The summed E-state index contributed by atoms with van der Waals surface area (Å²) in [5.74, 6) is -0.790. The summed E-state index contributed by atoms with van der Waals surface area (Å²) in [5.41, 5.74) is 0. The molecule has 0 amide bonds. The third-order valence-corrected chi connectivity index (χ3v) is 4.83. The van der Waals surface area contributed by atoms with E-state index in [0.717, 1.165) is 65.2 Å². The quantitative estimate of drug-likeness (QED) is 0.127. The van der Waals surface area contributed by atoms with E-state index in [1.807, 2.05) is 0 Å². The lowest BCUT2D eigenvalue weighted by Crippen LogP contribution is -2.29. The Morgan fingerprint density at radius 1 is 0.517 bits per heavy atom. The molecule has 0 aromatic heterocycles. The molecule has 7 nitrogen and oxygen atoms in total. The van der Waals surface area contributed by atoms with Gasteiger partial charge < -0.3 is 31.7 Å². The standard InChI is InChI=1S/C22H49N5O2/c1-2-3-5-12-23-15-8-9-16-24-13-6-4-7-14-25-19-20-26-17-10-11-18-27-21-22(28)29/h23-27H,2-21H2,1H3,(H,28,29). The van der Waals surface area contributed by atoms with Gasteiger partial charge in [0.15, 0.2) is 0 Å². The highest BCUT2D eigenvalue weighted by atomic mass is 16.4. The number of aliphatic carboxylic acids is 1. The van der Waals surface area contributed by atoms with Crippen LogP contribution in [0.2, 0.25) is 0 Å². The monoisotopic (exact) mass is 415 g/mol. The van der Waals surface area contributed by atoms with Gasteiger partial charge in [0.05, 0.1) is 6.54 Å². The van der Waals surface area contributed by atoms with Gasteiger partial charge in [-0.25, -0.2) is 0 Å². The fourth-order valence-electron chi connectivity index (χ4n) is 3.05. The SMILES string of the molecule is CCCCCNCCCCNCCCCCNCCNCCCCNCC(=O)O. The van der Waals surface area contributed by atoms with Crippen LogP contribution in [-0.4, -0.2) is 76.5 Å². The Bertz CT molecular complexity index is 332. The van der Waals surface area contributed by atoms with E-state index in [4.69, 9.17) is 5.11 Å². The molecule has 0 aliphatic heterocycles. The first kappa shape index (κ1) is 28.3. The van der Waals surface area contributed by atoms with Crippen LogP contribution >= 0.6 is 0 Å². The van der Waals surface area contributed by atoms with Crippen LogP contribution in [0.3, 0.4) is 0 Å². The second-order valence-electron chi connectivity index (χ2n) is 7.75. The minimum Gasteiger partial charge on any atom is -0.480 e. The summed E-state index contributed by atoms with van der Waals surface area (Å²) in [6.07, 6.45) is 12.4. The summed E-state index contributed by atoms with van der Waals surface area (Å²) >= 11 is 0.